The topological polar surface area (TPSA) is 63.2 Å². The molecule has 3 atom stereocenters. The summed E-state index contributed by atoms with van der Waals surface area (Å²) in [6.07, 6.45) is -0.880. The molecule has 2 aliphatic heterocycles. The Morgan fingerprint density at radius 3 is 2.37 bits per heavy atom. The third kappa shape index (κ3) is 3.66. The first kappa shape index (κ1) is 14.7. The van der Waals surface area contributed by atoms with Gasteiger partial charge in [0.1, 0.15) is 24.9 Å². The highest BCUT2D eigenvalue weighted by Gasteiger charge is 2.50. The lowest BCUT2D eigenvalue weighted by atomic mass is 10.1. The van der Waals surface area contributed by atoms with Gasteiger partial charge in [0, 0.05) is 6.92 Å². The fourth-order valence-electron chi connectivity index (χ4n) is 2.38. The molecule has 0 unspecified atom stereocenters. The monoisotopic (exact) mass is 274 g/mol. The second kappa shape index (κ2) is 5.01. The summed E-state index contributed by atoms with van der Waals surface area (Å²) in [5.74, 6) is -1.67. The highest BCUT2D eigenvalue weighted by molar-refractivity contribution is 5.65. The molecular weight excluding hydrogens is 252 g/mol. The molecule has 0 saturated carbocycles. The Kier molecular flexibility index (Phi) is 3.88. The molecule has 2 heterocycles. The van der Waals surface area contributed by atoms with Crippen molar-refractivity contribution in [3.05, 3.63) is 0 Å². The summed E-state index contributed by atoms with van der Waals surface area (Å²) in [6.45, 7) is 9.33. The first-order valence-corrected chi connectivity index (χ1v) is 6.49. The highest BCUT2D eigenvalue weighted by Crippen LogP contribution is 2.35. The standard InChI is InChI=1S/C13H22O6/c1-8(14)15-6-9-11(19-13(4,5)18-9)10-7-16-12(2,3)17-10/h9-11H,6-7H2,1-5H3/t9-,10-,11+/m1/s1. The Balaban J connectivity index is 2.02. The zero-order chi connectivity index (χ0) is 14.3. The molecule has 2 rings (SSSR count). The van der Waals surface area contributed by atoms with E-state index in [0.717, 1.165) is 0 Å². The molecule has 19 heavy (non-hydrogen) atoms. The summed E-state index contributed by atoms with van der Waals surface area (Å²) < 4.78 is 28.0. The molecule has 0 radical (unpaired) electrons. The second-order valence-electron chi connectivity index (χ2n) is 5.81. The second-order valence-corrected chi connectivity index (χ2v) is 5.81. The molecule has 0 spiro atoms. The zero-order valence-electron chi connectivity index (χ0n) is 12.1. The van der Waals surface area contributed by atoms with Gasteiger partial charge in [-0.1, -0.05) is 0 Å². The lowest BCUT2D eigenvalue weighted by Crippen LogP contribution is -2.40. The Labute approximate surface area is 113 Å². The molecule has 0 aromatic rings. The van der Waals surface area contributed by atoms with Crippen LogP contribution in [0.5, 0.6) is 0 Å². The predicted molar refractivity (Wildman–Crippen MR) is 65.4 cm³/mol. The first-order valence-electron chi connectivity index (χ1n) is 6.49. The summed E-state index contributed by atoms with van der Waals surface area (Å²) in [7, 11) is 0. The summed E-state index contributed by atoms with van der Waals surface area (Å²) in [5.41, 5.74) is 0. The van der Waals surface area contributed by atoms with Gasteiger partial charge >= 0.3 is 5.97 Å². The van der Waals surface area contributed by atoms with E-state index in [-0.39, 0.29) is 30.9 Å². The lowest BCUT2D eigenvalue weighted by molar-refractivity contribution is -0.175. The largest absolute Gasteiger partial charge is 0.463 e. The minimum absolute atomic E-state index is 0.156. The van der Waals surface area contributed by atoms with Crippen LogP contribution in [-0.4, -0.2) is 49.1 Å². The Morgan fingerprint density at radius 1 is 1.16 bits per heavy atom. The van der Waals surface area contributed by atoms with E-state index in [2.05, 4.69) is 0 Å². The van der Waals surface area contributed by atoms with Gasteiger partial charge in [-0.15, -0.1) is 0 Å². The molecular formula is C13H22O6. The van der Waals surface area contributed by atoms with Gasteiger partial charge in [-0.05, 0) is 27.7 Å². The van der Waals surface area contributed by atoms with E-state index in [1.807, 2.05) is 27.7 Å². The maximum absolute atomic E-state index is 10.9. The summed E-state index contributed by atoms with van der Waals surface area (Å²) >= 11 is 0. The maximum Gasteiger partial charge on any atom is 0.302 e. The van der Waals surface area contributed by atoms with Gasteiger partial charge in [0.2, 0.25) is 0 Å². The lowest BCUT2D eigenvalue weighted by Gasteiger charge is -2.23. The Hall–Kier alpha value is -0.690. The van der Waals surface area contributed by atoms with Crippen molar-refractivity contribution in [2.45, 2.75) is 64.5 Å². The third-order valence-electron chi connectivity index (χ3n) is 3.07. The average Bonchev–Trinajstić information content (AvgIpc) is 2.75. The van der Waals surface area contributed by atoms with E-state index in [1.54, 1.807) is 0 Å². The average molecular weight is 274 g/mol. The van der Waals surface area contributed by atoms with E-state index in [1.165, 1.54) is 6.92 Å². The normalized spacial score (nSPS) is 36.4. The van der Waals surface area contributed by atoms with Gasteiger partial charge in [-0.25, -0.2) is 0 Å². The molecule has 0 amide bonds. The molecule has 0 aromatic heterocycles. The van der Waals surface area contributed by atoms with Crippen molar-refractivity contribution in [1.82, 2.24) is 0 Å². The van der Waals surface area contributed by atoms with Gasteiger partial charge in [-0.3, -0.25) is 4.79 Å². The molecule has 110 valence electrons. The molecule has 6 heteroatoms. The first-order chi connectivity index (χ1) is 8.69. The number of carbonyl (C=O) groups excluding carboxylic acids is 1. The van der Waals surface area contributed by atoms with Gasteiger partial charge in [0.15, 0.2) is 11.6 Å². The number of rotatable bonds is 3. The van der Waals surface area contributed by atoms with E-state index >= 15 is 0 Å². The molecule has 0 aromatic carbocycles. The minimum atomic E-state index is -0.717. The molecule has 2 aliphatic rings. The molecule has 2 saturated heterocycles. The van der Waals surface area contributed by atoms with E-state index in [4.69, 9.17) is 23.7 Å². The van der Waals surface area contributed by atoms with Crippen LogP contribution < -0.4 is 0 Å². The fraction of sp³-hybridized carbons (Fsp3) is 0.923. The van der Waals surface area contributed by atoms with Crippen molar-refractivity contribution >= 4 is 5.97 Å². The smallest absolute Gasteiger partial charge is 0.302 e. The number of ether oxygens (including phenoxy) is 5. The highest BCUT2D eigenvalue weighted by atomic mass is 16.8. The van der Waals surface area contributed by atoms with Crippen LogP contribution in [-0.2, 0) is 28.5 Å². The van der Waals surface area contributed by atoms with Crippen molar-refractivity contribution in [1.29, 1.82) is 0 Å². The van der Waals surface area contributed by atoms with Crippen LogP contribution in [0.15, 0.2) is 0 Å². The van der Waals surface area contributed by atoms with Gasteiger partial charge in [-0.2, -0.15) is 0 Å². The van der Waals surface area contributed by atoms with E-state index in [0.29, 0.717) is 6.61 Å². The van der Waals surface area contributed by atoms with Crippen LogP contribution in [0.3, 0.4) is 0 Å². The van der Waals surface area contributed by atoms with Crippen molar-refractivity contribution < 1.29 is 28.5 Å². The van der Waals surface area contributed by atoms with Gasteiger partial charge in [0.05, 0.1) is 6.61 Å². The SMILES string of the molecule is CC(=O)OC[C@H]1OC(C)(C)O[C@@H]1[C@H]1COC(C)(C)O1. The maximum atomic E-state index is 10.9. The molecule has 6 nitrogen and oxygen atoms in total. The van der Waals surface area contributed by atoms with Crippen LogP contribution in [0.4, 0.5) is 0 Å². The minimum Gasteiger partial charge on any atom is -0.463 e. The van der Waals surface area contributed by atoms with Crippen LogP contribution in [0, 0.1) is 0 Å². The summed E-state index contributed by atoms with van der Waals surface area (Å²) in [5, 5.41) is 0. The van der Waals surface area contributed by atoms with Crippen LogP contribution in [0.25, 0.3) is 0 Å². The summed E-state index contributed by atoms with van der Waals surface area (Å²) in [4.78, 5) is 10.9. The Bertz CT molecular complexity index is 351. The number of esters is 1. The number of hydrogen-bond acceptors (Lipinski definition) is 6. The van der Waals surface area contributed by atoms with Crippen LogP contribution >= 0.6 is 0 Å². The van der Waals surface area contributed by atoms with Crippen LogP contribution in [0.2, 0.25) is 0 Å². The molecule has 0 bridgehead atoms. The molecule has 2 fully saturated rings. The molecule has 0 aliphatic carbocycles. The zero-order valence-corrected chi connectivity index (χ0v) is 12.1. The van der Waals surface area contributed by atoms with Crippen molar-refractivity contribution in [2.75, 3.05) is 13.2 Å². The fourth-order valence-corrected chi connectivity index (χ4v) is 2.38. The van der Waals surface area contributed by atoms with E-state index < -0.39 is 11.6 Å². The van der Waals surface area contributed by atoms with Gasteiger partial charge in [0.25, 0.3) is 0 Å². The Morgan fingerprint density at radius 2 is 1.84 bits per heavy atom. The van der Waals surface area contributed by atoms with Gasteiger partial charge < -0.3 is 23.7 Å². The third-order valence-corrected chi connectivity index (χ3v) is 3.07. The van der Waals surface area contributed by atoms with Crippen molar-refractivity contribution in [3.8, 4) is 0 Å². The quantitative estimate of drug-likeness (QED) is 0.721. The van der Waals surface area contributed by atoms with E-state index in [9.17, 15) is 4.79 Å². The van der Waals surface area contributed by atoms with Crippen molar-refractivity contribution in [2.24, 2.45) is 0 Å². The summed E-state index contributed by atoms with van der Waals surface area (Å²) in [6, 6.07) is 0. The van der Waals surface area contributed by atoms with Crippen LogP contribution in [0.1, 0.15) is 34.6 Å². The van der Waals surface area contributed by atoms with Crippen molar-refractivity contribution in [3.63, 3.8) is 0 Å². The predicted octanol–water partition coefficient (Wildman–Crippen LogP) is 1.22. The molecule has 0 N–H and O–H groups in total. The number of hydrogen-bond donors (Lipinski definition) is 0. The number of carbonyl (C=O) groups is 1.